The number of alkyl carbamates (subject to hydrolysis) is 1. The molecule has 0 saturated heterocycles. The summed E-state index contributed by atoms with van der Waals surface area (Å²) in [4.78, 5) is 28.7. The summed E-state index contributed by atoms with van der Waals surface area (Å²) in [7, 11) is 2.94. The number of aliphatic carboxylic acids is 1. The molecule has 1 aliphatic rings. The van der Waals surface area contributed by atoms with E-state index in [1.165, 1.54) is 14.2 Å². The van der Waals surface area contributed by atoms with Crippen LogP contribution in [-0.4, -0.2) is 49.0 Å². The molecule has 0 unspecified atom stereocenters. The number of carboxylic acids is 1. The number of pyridine rings is 1. The highest BCUT2D eigenvalue weighted by Crippen LogP contribution is 2.44. The molecule has 3 aromatic rings. The second kappa shape index (κ2) is 10.3. The second-order valence-corrected chi connectivity index (χ2v) is 8.74. The van der Waals surface area contributed by atoms with Gasteiger partial charge in [-0.2, -0.15) is 0 Å². The number of amides is 1. The number of methoxy groups -OCH3 is 2. The van der Waals surface area contributed by atoms with Gasteiger partial charge in [-0.25, -0.2) is 14.6 Å². The van der Waals surface area contributed by atoms with Crippen molar-refractivity contribution >= 4 is 34.7 Å². The van der Waals surface area contributed by atoms with Crippen molar-refractivity contribution in [3.8, 4) is 22.8 Å². The van der Waals surface area contributed by atoms with E-state index in [2.05, 4.69) is 10.3 Å². The zero-order valence-corrected chi connectivity index (χ0v) is 20.7. The standard InChI is InChI=1S/C25H23IN2O6/c1-32-21-12-14(22(26)28-23(21)33-2)11-20(24(29)30)27-25(31)34-13-19-17-9-5-3-7-15(17)16-8-4-6-10-18(16)19/h3-10,12,19-20H,11,13H2,1-2H3,(H,27,31)(H,29,30)/t20-/m0/s1. The van der Waals surface area contributed by atoms with Crippen LogP contribution in [0.25, 0.3) is 11.1 Å². The Morgan fingerprint density at radius 2 is 1.68 bits per heavy atom. The van der Waals surface area contributed by atoms with Gasteiger partial charge in [0.2, 0.25) is 0 Å². The first kappa shape index (κ1) is 23.8. The summed E-state index contributed by atoms with van der Waals surface area (Å²) in [6.07, 6.45) is -0.789. The van der Waals surface area contributed by atoms with E-state index >= 15 is 0 Å². The SMILES string of the molecule is COc1cc(C[C@H](NC(=O)OCC2c3ccccc3-c3ccccc32)C(=O)O)c(I)nc1OC. The molecule has 176 valence electrons. The molecule has 0 bridgehead atoms. The summed E-state index contributed by atoms with van der Waals surface area (Å²) in [5.74, 6) is -0.619. The lowest BCUT2D eigenvalue weighted by molar-refractivity contribution is -0.139. The van der Waals surface area contributed by atoms with Crippen molar-refractivity contribution in [2.45, 2.75) is 18.4 Å². The molecule has 0 radical (unpaired) electrons. The van der Waals surface area contributed by atoms with Gasteiger partial charge in [0, 0.05) is 12.3 Å². The van der Waals surface area contributed by atoms with Gasteiger partial charge in [-0.1, -0.05) is 48.5 Å². The molecule has 2 N–H and O–H groups in total. The molecule has 9 heteroatoms. The number of halogens is 1. The van der Waals surface area contributed by atoms with Crippen molar-refractivity contribution in [2.24, 2.45) is 0 Å². The number of hydrogen-bond donors (Lipinski definition) is 2. The first-order valence-electron chi connectivity index (χ1n) is 10.5. The van der Waals surface area contributed by atoms with Crippen molar-refractivity contribution in [1.82, 2.24) is 10.3 Å². The average molecular weight is 574 g/mol. The third-order valence-corrected chi connectivity index (χ3v) is 6.69. The van der Waals surface area contributed by atoms with Crippen LogP contribution in [0.5, 0.6) is 11.6 Å². The molecule has 0 saturated carbocycles. The maximum absolute atomic E-state index is 12.6. The second-order valence-electron chi connectivity index (χ2n) is 7.71. The molecule has 8 nitrogen and oxygen atoms in total. The van der Waals surface area contributed by atoms with Gasteiger partial charge in [-0.15, -0.1) is 0 Å². The number of carboxylic acid groups (broad SMARTS) is 1. The van der Waals surface area contributed by atoms with E-state index in [1.54, 1.807) is 6.07 Å². The largest absolute Gasteiger partial charge is 0.491 e. The highest BCUT2D eigenvalue weighted by Gasteiger charge is 2.30. The van der Waals surface area contributed by atoms with Crippen molar-refractivity contribution in [3.05, 3.63) is 75.0 Å². The van der Waals surface area contributed by atoms with Crippen LogP contribution in [0.15, 0.2) is 54.6 Å². The van der Waals surface area contributed by atoms with Crippen LogP contribution in [0.1, 0.15) is 22.6 Å². The Bertz CT molecular complexity index is 1190. The first-order valence-corrected chi connectivity index (χ1v) is 11.6. The Hall–Kier alpha value is -3.34. The van der Waals surface area contributed by atoms with Crippen molar-refractivity contribution in [2.75, 3.05) is 20.8 Å². The topological polar surface area (TPSA) is 107 Å². The Morgan fingerprint density at radius 3 is 2.24 bits per heavy atom. The molecule has 1 heterocycles. The normalized spacial score (nSPS) is 12.9. The molecule has 0 fully saturated rings. The van der Waals surface area contributed by atoms with Gasteiger partial charge in [-0.3, -0.25) is 0 Å². The predicted molar refractivity (Wildman–Crippen MR) is 133 cm³/mol. The fourth-order valence-corrected chi connectivity index (χ4v) is 4.73. The lowest BCUT2D eigenvalue weighted by atomic mass is 9.98. The van der Waals surface area contributed by atoms with Gasteiger partial charge >= 0.3 is 12.1 Å². The van der Waals surface area contributed by atoms with E-state index in [0.717, 1.165) is 22.3 Å². The zero-order chi connectivity index (χ0) is 24.2. The van der Waals surface area contributed by atoms with Crippen LogP contribution in [-0.2, 0) is 16.0 Å². The molecular weight excluding hydrogens is 551 g/mol. The molecule has 34 heavy (non-hydrogen) atoms. The number of rotatable bonds is 8. The van der Waals surface area contributed by atoms with Crippen LogP contribution in [0.2, 0.25) is 0 Å². The van der Waals surface area contributed by atoms with Crippen LogP contribution in [0.4, 0.5) is 4.79 Å². The Labute approximate surface area is 210 Å². The maximum Gasteiger partial charge on any atom is 0.407 e. The van der Waals surface area contributed by atoms with Crippen LogP contribution in [0, 0.1) is 3.70 Å². The molecule has 0 spiro atoms. The smallest absolute Gasteiger partial charge is 0.407 e. The number of fused-ring (bicyclic) bond motifs is 3. The number of nitrogens with one attached hydrogen (secondary N) is 1. The molecule has 1 atom stereocenters. The lowest BCUT2D eigenvalue weighted by Gasteiger charge is -2.18. The molecule has 0 aliphatic heterocycles. The fourth-order valence-electron chi connectivity index (χ4n) is 4.13. The quantitative estimate of drug-likeness (QED) is 0.306. The predicted octanol–water partition coefficient (Wildman–Crippen LogP) is 4.24. The number of carbonyl (C=O) groups excluding carboxylic acids is 1. The number of hydrogen-bond acceptors (Lipinski definition) is 6. The monoisotopic (exact) mass is 574 g/mol. The first-order chi connectivity index (χ1) is 16.4. The highest BCUT2D eigenvalue weighted by atomic mass is 127. The Kier molecular flexibility index (Phi) is 7.20. The van der Waals surface area contributed by atoms with Gasteiger partial charge in [0.1, 0.15) is 16.3 Å². The minimum atomic E-state index is -1.20. The van der Waals surface area contributed by atoms with Crippen molar-refractivity contribution in [1.29, 1.82) is 0 Å². The lowest BCUT2D eigenvalue weighted by Crippen LogP contribution is -2.43. The zero-order valence-electron chi connectivity index (χ0n) is 18.6. The molecular formula is C25H23IN2O6. The van der Waals surface area contributed by atoms with Crippen LogP contribution in [0.3, 0.4) is 0 Å². The Balaban J connectivity index is 1.45. The third kappa shape index (κ3) is 4.79. The van der Waals surface area contributed by atoms with E-state index in [0.29, 0.717) is 20.9 Å². The van der Waals surface area contributed by atoms with Crippen LogP contribution >= 0.6 is 22.6 Å². The summed E-state index contributed by atoms with van der Waals surface area (Å²) in [6, 6.07) is 16.5. The maximum atomic E-state index is 12.6. The van der Waals surface area contributed by atoms with Gasteiger partial charge < -0.3 is 24.6 Å². The van der Waals surface area contributed by atoms with Gasteiger partial charge in [0.15, 0.2) is 5.75 Å². The molecule has 1 amide bonds. The van der Waals surface area contributed by atoms with E-state index < -0.39 is 18.1 Å². The minimum absolute atomic E-state index is 0.00512. The van der Waals surface area contributed by atoms with Crippen molar-refractivity contribution < 1.29 is 28.9 Å². The molecule has 1 aliphatic carbocycles. The van der Waals surface area contributed by atoms with E-state index in [-0.39, 0.29) is 18.9 Å². The van der Waals surface area contributed by atoms with Crippen molar-refractivity contribution in [3.63, 3.8) is 0 Å². The van der Waals surface area contributed by atoms with Gasteiger partial charge in [0.25, 0.3) is 5.88 Å². The summed E-state index contributed by atoms with van der Waals surface area (Å²) in [5, 5.41) is 12.2. The van der Waals surface area contributed by atoms with Gasteiger partial charge in [0.05, 0.1) is 14.2 Å². The highest BCUT2D eigenvalue weighted by molar-refractivity contribution is 14.1. The minimum Gasteiger partial charge on any atom is -0.491 e. The van der Waals surface area contributed by atoms with Crippen LogP contribution < -0.4 is 14.8 Å². The number of benzene rings is 2. The summed E-state index contributed by atoms with van der Waals surface area (Å²) >= 11 is 1.99. The molecule has 1 aromatic heterocycles. The average Bonchev–Trinajstić information content (AvgIpc) is 3.16. The third-order valence-electron chi connectivity index (χ3n) is 5.75. The number of aromatic nitrogens is 1. The van der Waals surface area contributed by atoms with Gasteiger partial charge in [-0.05, 0) is 56.5 Å². The molecule has 4 rings (SSSR count). The Morgan fingerprint density at radius 1 is 1.06 bits per heavy atom. The fraction of sp³-hybridized carbons (Fsp3) is 0.240. The van der Waals surface area contributed by atoms with E-state index in [9.17, 15) is 14.7 Å². The summed E-state index contributed by atoms with van der Waals surface area (Å²) in [6.45, 7) is 0.0989. The van der Waals surface area contributed by atoms with E-state index in [4.69, 9.17) is 14.2 Å². The van der Waals surface area contributed by atoms with E-state index in [1.807, 2.05) is 71.1 Å². The summed E-state index contributed by atoms with van der Waals surface area (Å²) in [5.41, 5.74) is 5.00. The number of ether oxygens (including phenoxy) is 3. The summed E-state index contributed by atoms with van der Waals surface area (Å²) < 4.78 is 16.5. The number of carbonyl (C=O) groups is 2. The molecule has 2 aromatic carbocycles. The number of nitrogens with zero attached hydrogens (tertiary/aromatic N) is 1.